The molecule has 0 aliphatic rings. The molecule has 0 aromatic rings. The van der Waals surface area contributed by atoms with Crippen LogP contribution in [0.25, 0.3) is 0 Å². The summed E-state index contributed by atoms with van der Waals surface area (Å²) in [6, 6.07) is 0. The minimum absolute atomic E-state index is 1.09. The van der Waals surface area contributed by atoms with E-state index in [0.717, 1.165) is 6.42 Å². The van der Waals surface area contributed by atoms with Crippen molar-refractivity contribution in [2.24, 2.45) is 17.2 Å². The summed E-state index contributed by atoms with van der Waals surface area (Å²) in [7, 11) is 4.50. The summed E-state index contributed by atoms with van der Waals surface area (Å²) in [5, 5.41) is 0. The van der Waals surface area contributed by atoms with Crippen molar-refractivity contribution >= 4 is 0 Å². The van der Waals surface area contributed by atoms with Crippen LogP contribution in [0.1, 0.15) is 26.2 Å². The summed E-state index contributed by atoms with van der Waals surface area (Å²) in [5.74, 6) is 0. The summed E-state index contributed by atoms with van der Waals surface area (Å²) in [5.41, 5.74) is 13.5. The lowest BCUT2D eigenvalue weighted by molar-refractivity contribution is 0.813. The molecular formula is C8H26N3. The van der Waals surface area contributed by atoms with Gasteiger partial charge in [-0.15, -0.1) is 0 Å². The van der Waals surface area contributed by atoms with Gasteiger partial charge in [0, 0.05) is 0 Å². The summed E-state index contributed by atoms with van der Waals surface area (Å²) in [6.07, 6.45) is 3.65. The van der Waals surface area contributed by atoms with Gasteiger partial charge in [-0.2, -0.15) is 0 Å². The van der Waals surface area contributed by atoms with Gasteiger partial charge in [-0.25, -0.2) is 0 Å². The Kier molecular flexibility index (Phi) is 192. The molecule has 73 valence electrons. The molecule has 0 rings (SSSR count). The molecular weight excluding hydrogens is 138 g/mol. The molecule has 0 unspecified atom stereocenters. The van der Waals surface area contributed by atoms with Crippen LogP contribution in [0.2, 0.25) is 0 Å². The van der Waals surface area contributed by atoms with Crippen LogP contribution in [0.3, 0.4) is 0 Å². The lowest BCUT2D eigenvalue weighted by Crippen LogP contribution is -1.69. The lowest BCUT2D eigenvalue weighted by atomic mass is 10.3. The second-order valence-electron chi connectivity index (χ2n) is 1.21. The van der Waals surface area contributed by atoms with Crippen LogP contribution in [0.4, 0.5) is 0 Å². The Morgan fingerprint density at radius 2 is 1.18 bits per heavy atom. The predicted molar refractivity (Wildman–Crippen MR) is 55.2 cm³/mol. The zero-order chi connectivity index (χ0) is 10.1. The second-order valence-corrected chi connectivity index (χ2v) is 1.21. The zero-order valence-corrected chi connectivity index (χ0v) is 8.56. The van der Waals surface area contributed by atoms with Crippen molar-refractivity contribution < 1.29 is 0 Å². The highest BCUT2D eigenvalue weighted by molar-refractivity contribution is 4.35. The Bertz CT molecular complexity index is 16.8. The molecule has 0 saturated heterocycles. The van der Waals surface area contributed by atoms with Gasteiger partial charge in [0.15, 0.2) is 0 Å². The molecule has 0 bridgehead atoms. The first-order valence-electron chi connectivity index (χ1n) is 3.94. The topological polar surface area (TPSA) is 78.1 Å². The van der Waals surface area contributed by atoms with Crippen molar-refractivity contribution in [2.75, 3.05) is 21.1 Å². The molecule has 0 amide bonds. The minimum atomic E-state index is 1.09. The fraction of sp³-hybridized carbons (Fsp3) is 0.875. The molecule has 0 aromatic carbocycles. The molecule has 0 aliphatic heterocycles. The maximum atomic E-state index is 4.50. The Hall–Kier alpha value is -0.120. The molecule has 0 saturated carbocycles. The van der Waals surface area contributed by atoms with E-state index in [1.807, 2.05) is 0 Å². The highest BCUT2D eigenvalue weighted by atomic mass is 14.4. The molecule has 0 heterocycles. The van der Waals surface area contributed by atoms with Gasteiger partial charge in [-0.3, -0.25) is 0 Å². The third kappa shape index (κ3) is 174. The van der Waals surface area contributed by atoms with Crippen molar-refractivity contribution in [1.82, 2.24) is 0 Å². The zero-order valence-electron chi connectivity index (χ0n) is 8.56. The maximum absolute atomic E-state index is 4.50. The Morgan fingerprint density at radius 3 is 1.18 bits per heavy atom. The number of nitrogens with two attached hydrogens (primary N) is 3. The molecule has 0 aliphatic carbocycles. The van der Waals surface area contributed by atoms with Crippen molar-refractivity contribution in [1.29, 1.82) is 0 Å². The largest absolute Gasteiger partial charge is 0.333 e. The summed E-state index contributed by atoms with van der Waals surface area (Å²) >= 11 is 0. The van der Waals surface area contributed by atoms with E-state index in [-0.39, 0.29) is 0 Å². The van der Waals surface area contributed by atoms with Gasteiger partial charge in [0.1, 0.15) is 0 Å². The average molecular weight is 164 g/mol. The van der Waals surface area contributed by atoms with E-state index in [2.05, 4.69) is 31.0 Å². The summed E-state index contributed by atoms with van der Waals surface area (Å²) in [4.78, 5) is 0. The van der Waals surface area contributed by atoms with Crippen LogP contribution >= 0.6 is 0 Å². The quantitative estimate of drug-likeness (QED) is 0.563. The van der Waals surface area contributed by atoms with E-state index in [1.165, 1.54) is 34.0 Å². The Morgan fingerprint density at radius 1 is 0.909 bits per heavy atom. The predicted octanol–water partition coefficient (Wildman–Crippen LogP) is 0.735. The van der Waals surface area contributed by atoms with Gasteiger partial charge in [-0.1, -0.05) is 33.1 Å². The van der Waals surface area contributed by atoms with Crippen molar-refractivity contribution in [3.63, 3.8) is 0 Å². The average Bonchev–Trinajstić information content (AvgIpc) is 2.16. The van der Waals surface area contributed by atoms with Crippen LogP contribution in [0.15, 0.2) is 0 Å². The fourth-order valence-electron chi connectivity index (χ4n) is 0.250. The first-order valence-corrected chi connectivity index (χ1v) is 3.94. The third-order valence-electron chi connectivity index (χ3n) is 0.604. The van der Waals surface area contributed by atoms with Crippen molar-refractivity contribution in [3.05, 3.63) is 6.92 Å². The smallest absolute Gasteiger partial charge is 0.0195 e. The summed E-state index contributed by atoms with van der Waals surface area (Å²) in [6.45, 7) is 5.85. The third-order valence-corrected chi connectivity index (χ3v) is 0.604. The maximum Gasteiger partial charge on any atom is -0.0195 e. The van der Waals surface area contributed by atoms with E-state index in [4.69, 9.17) is 0 Å². The molecule has 1 radical (unpaired) electrons. The van der Waals surface area contributed by atoms with Gasteiger partial charge in [0.25, 0.3) is 0 Å². The number of unbranched alkanes of at least 4 members (excludes halogenated alkanes) is 2. The van der Waals surface area contributed by atoms with Crippen LogP contribution in [0.5, 0.6) is 0 Å². The standard InChI is InChI=1S/C5H11.3CH5N/c1-3-5-4-2;3*1-2/h1,3-5H2,2H3;3*2H2,1H3. The first-order chi connectivity index (χ1) is 5.41. The highest BCUT2D eigenvalue weighted by Crippen LogP contribution is 1.87. The van der Waals surface area contributed by atoms with Crippen LogP contribution < -0.4 is 17.2 Å². The number of rotatable bonds is 2. The van der Waals surface area contributed by atoms with Crippen molar-refractivity contribution in [3.8, 4) is 0 Å². The Labute approximate surface area is 72.3 Å². The fourth-order valence-corrected chi connectivity index (χ4v) is 0.250. The molecule has 0 atom stereocenters. The van der Waals surface area contributed by atoms with Crippen molar-refractivity contribution in [2.45, 2.75) is 26.2 Å². The van der Waals surface area contributed by atoms with Gasteiger partial charge in [0.05, 0.1) is 0 Å². The summed E-state index contributed by atoms with van der Waals surface area (Å²) < 4.78 is 0. The lowest BCUT2D eigenvalue weighted by Gasteiger charge is -1.79. The van der Waals surface area contributed by atoms with E-state index >= 15 is 0 Å². The first kappa shape index (κ1) is 22.4. The highest BCUT2D eigenvalue weighted by Gasteiger charge is 1.68. The van der Waals surface area contributed by atoms with Crippen LogP contribution in [-0.4, -0.2) is 21.1 Å². The van der Waals surface area contributed by atoms with Crippen LogP contribution in [0, 0.1) is 6.92 Å². The van der Waals surface area contributed by atoms with Gasteiger partial charge in [0.2, 0.25) is 0 Å². The van der Waals surface area contributed by atoms with Gasteiger partial charge < -0.3 is 17.2 Å². The molecule has 11 heavy (non-hydrogen) atoms. The molecule has 0 fully saturated rings. The second kappa shape index (κ2) is 93.9. The molecule has 6 N–H and O–H groups in total. The van der Waals surface area contributed by atoms with Crippen LogP contribution in [-0.2, 0) is 0 Å². The van der Waals surface area contributed by atoms with Gasteiger partial charge >= 0.3 is 0 Å². The van der Waals surface area contributed by atoms with Gasteiger partial charge in [-0.05, 0) is 21.1 Å². The molecule has 3 nitrogen and oxygen atoms in total. The van der Waals surface area contributed by atoms with E-state index in [0.29, 0.717) is 0 Å². The monoisotopic (exact) mass is 164 g/mol. The van der Waals surface area contributed by atoms with E-state index < -0.39 is 0 Å². The molecule has 0 spiro atoms. The molecule has 3 heteroatoms. The van der Waals surface area contributed by atoms with E-state index in [1.54, 1.807) is 0 Å². The SMILES string of the molecule is CN.CN.CN.[CH2]CCCC. The molecule has 0 aromatic heterocycles. The number of hydrogen-bond acceptors (Lipinski definition) is 3. The van der Waals surface area contributed by atoms with E-state index in [9.17, 15) is 0 Å². The minimum Gasteiger partial charge on any atom is -0.333 e. The normalized spacial score (nSPS) is 5.45. The number of hydrogen-bond donors (Lipinski definition) is 3. The Balaban J connectivity index is -0.0000000350.